The molecule has 1 rings (SSSR count). The highest BCUT2D eigenvalue weighted by Gasteiger charge is 2.35. The van der Waals surface area contributed by atoms with E-state index in [0.717, 1.165) is 32.5 Å². The summed E-state index contributed by atoms with van der Waals surface area (Å²) in [4.78, 5) is 2.50. The van der Waals surface area contributed by atoms with E-state index in [0.29, 0.717) is 6.04 Å². The summed E-state index contributed by atoms with van der Waals surface area (Å²) in [5.41, 5.74) is 1.51. The van der Waals surface area contributed by atoms with Gasteiger partial charge in [-0.25, -0.2) is 0 Å². The largest absolute Gasteiger partial charge is 0.501 e. The topological polar surface area (TPSA) is 24.5 Å². The van der Waals surface area contributed by atoms with E-state index in [1.165, 1.54) is 5.57 Å². The second-order valence-electron chi connectivity index (χ2n) is 5.21. The van der Waals surface area contributed by atoms with E-state index in [-0.39, 0.29) is 5.54 Å². The van der Waals surface area contributed by atoms with E-state index in [9.17, 15) is 0 Å². The van der Waals surface area contributed by atoms with Crippen LogP contribution in [0.5, 0.6) is 0 Å². The van der Waals surface area contributed by atoms with E-state index >= 15 is 0 Å². The lowest BCUT2D eigenvalue weighted by Gasteiger charge is -2.44. The number of ether oxygens (including phenoxy) is 1. The Balaban J connectivity index is 2.87. The summed E-state index contributed by atoms with van der Waals surface area (Å²) in [6.07, 6.45) is 4.25. The Hall–Kier alpha value is -0.540. The van der Waals surface area contributed by atoms with Gasteiger partial charge in [0.15, 0.2) is 0 Å². The monoisotopic (exact) mass is 240 g/mol. The van der Waals surface area contributed by atoms with Crippen LogP contribution < -0.4 is 5.32 Å². The zero-order valence-corrected chi connectivity index (χ0v) is 12.0. The lowest BCUT2D eigenvalue weighted by atomic mass is 9.85. The molecule has 1 unspecified atom stereocenters. The van der Waals surface area contributed by atoms with Crippen LogP contribution in [-0.4, -0.2) is 43.2 Å². The first-order chi connectivity index (χ1) is 8.07. The van der Waals surface area contributed by atoms with Gasteiger partial charge in [0.05, 0.1) is 12.9 Å². The van der Waals surface area contributed by atoms with E-state index in [1.807, 2.05) is 13.3 Å². The third-order valence-electron chi connectivity index (χ3n) is 3.91. The average Bonchev–Trinajstić information content (AvgIpc) is 2.32. The molecule has 0 spiro atoms. The Bertz CT molecular complexity index is 257. The summed E-state index contributed by atoms with van der Waals surface area (Å²) >= 11 is 0. The molecule has 100 valence electrons. The van der Waals surface area contributed by atoms with Crippen LogP contribution in [0, 0.1) is 0 Å². The van der Waals surface area contributed by atoms with Gasteiger partial charge in [-0.3, -0.25) is 4.90 Å². The zero-order chi connectivity index (χ0) is 12.9. The van der Waals surface area contributed by atoms with Crippen LogP contribution in [0.4, 0.5) is 0 Å². The highest BCUT2D eigenvalue weighted by atomic mass is 16.5. The molecule has 0 aromatic carbocycles. The second kappa shape index (κ2) is 6.41. The minimum atomic E-state index is 0.116. The first-order valence-electron chi connectivity index (χ1n) is 6.80. The third kappa shape index (κ3) is 3.23. The van der Waals surface area contributed by atoms with Crippen LogP contribution in [0.1, 0.15) is 40.5 Å². The first-order valence-corrected chi connectivity index (χ1v) is 6.80. The molecule has 1 atom stereocenters. The fourth-order valence-corrected chi connectivity index (χ4v) is 3.01. The predicted molar refractivity (Wildman–Crippen MR) is 73.1 cm³/mol. The van der Waals surface area contributed by atoms with Crippen molar-refractivity contribution in [1.29, 1.82) is 0 Å². The highest BCUT2D eigenvalue weighted by Crippen LogP contribution is 2.27. The lowest BCUT2D eigenvalue weighted by molar-refractivity contribution is 0.100. The molecule has 0 fully saturated rings. The van der Waals surface area contributed by atoms with Gasteiger partial charge in [-0.2, -0.15) is 0 Å². The lowest BCUT2D eigenvalue weighted by Crippen LogP contribution is -2.57. The van der Waals surface area contributed by atoms with Gasteiger partial charge in [0.2, 0.25) is 0 Å². The molecule has 0 aromatic rings. The van der Waals surface area contributed by atoms with Crippen molar-refractivity contribution in [2.75, 3.05) is 26.7 Å². The molecule has 1 heterocycles. The van der Waals surface area contributed by atoms with Crippen LogP contribution in [0.3, 0.4) is 0 Å². The van der Waals surface area contributed by atoms with Crippen molar-refractivity contribution in [3.63, 3.8) is 0 Å². The van der Waals surface area contributed by atoms with E-state index < -0.39 is 0 Å². The van der Waals surface area contributed by atoms with Crippen molar-refractivity contribution in [1.82, 2.24) is 10.2 Å². The van der Waals surface area contributed by atoms with Crippen LogP contribution in [0.2, 0.25) is 0 Å². The van der Waals surface area contributed by atoms with Crippen molar-refractivity contribution in [2.45, 2.75) is 52.1 Å². The Kier molecular flexibility index (Phi) is 5.47. The SMILES string of the molecule is CCN(CC)C(C)(C)C(NC)C1=COCCC1. The summed E-state index contributed by atoms with van der Waals surface area (Å²) in [6, 6.07) is 0.364. The normalized spacial score (nSPS) is 18.8. The minimum absolute atomic E-state index is 0.116. The fraction of sp³-hybridized carbons (Fsp3) is 0.857. The van der Waals surface area contributed by atoms with Crippen molar-refractivity contribution in [3.05, 3.63) is 11.8 Å². The van der Waals surface area contributed by atoms with E-state index in [4.69, 9.17) is 4.74 Å². The van der Waals surface area contributed by atoms with Gasteiger partial charge in [0.1, 0.15) is 0 Å². The summed E-state index contributed by atoms with van der Waals surface area (Å²) < 4.78 is 5.49. The molecule has 0 saturated carbocycles. The number of likely N-dealkylation sites (N-methyl/N-ethyl adjacent to an activating group) is 2. The average molecular weight is 240 g/mol. The molecule has 0 amide bonds. The molecule has 1 aliphatic rings. The number of hydrogen-bond acceptors (Lipinski definition) is 3. The third-order valence-corrected chi connectivity index (χ3v) is 3.91. The first kappa shape index (κ1) is 14.5. The Labute approximate surface area is 106 Å². The molecule has 0 aromatic heterocycles. The van der Waals surface area contributed by atoms with Gasteiger partial charge in [-0.1, -0.05) is 13.8 Å². The van der Waals surface area contributed by atoms with Crippen LogP contribution >= 0.6 is 0 Å². The van der Waals surface area contributed by atoms with Gasteiger partial charge in [-0.15, -0.1) is 0 Å². The predicted octanol–water partition coefficient (Wildman–Crippen LogP) is 2.39. The van der Waals surface area contributed by atoms with Crippen LogP contribution in [-0.2, 0) is 4.74 Å². The summed E-state index contributed by atoms with van der Waals surface area (Å²) in [5, 5.41) is 3.47. The fourth-order valence-electron chi connectivity index (χ4n) is 3.01. The molecular weight excluding hydrogens is 212 g/mol. The van der Waals surface area contributed by atoms with Gasteiger partial charge < -0.3 is 10.1 Å². The quantitative estimate of drug-likeness (QED) is 0.771. The van der Waals surface area contributed by atoms with Crippen molar-refractivity contribution >= 4 is 0 Å². The maximum absolute atomic E-state index is 5.49. The highest BCUT2D eigenvalue weighted by molar-refractivity contribution is 5.17. The maximum Gasteiger partial charge on any atom is 0.0876 e. The van der Waals surface area contributed by atoms with Crippen molar-refractivity contribution in [2.24, 2.45) is 0 Å². The van der Waals surface area contributed by atoms with Crippen molar-refractivity contribution in [3.8, 4) is 0 Å². The maximum atomic E-state index is 5.49. The molecule has 0 radical (unpaired) electrons. The molecule has 0 saturated heterocycles. The number of hydrogen-bond donors (Lipinski definition) is 1. The zero-order valence-electron chi connectivity index (χ0n) is 12.0. The Morgan fingerprint density at radius 3 is 2.47 bits per heavy atom. The smallest absolute Gasteiger partial charge is 0.0876 e. The molecule has 1 aliphatic heterocycles. The van der Waals surface area contributed by atoms with E-state index in [2.05, 4.69) is 37.9 Å². The molecule has 0 bridgehead atoms. The molecule has 1 N–H and O–H groups in total. The summed E-state index contributed by atoms with van der Waals surface area (Å²) in [6.45, 7) is 12.1. The van der Waals surface area contributed by atoms with E-state index in [1.54, 1.807) is 0 Å². The van der Waals surface area contributed by atoms with Gasteiger partial charge in [-0.05, 0) is 52.4 Å². The summed E-state index contributed by atoms with van der Waals surface area (Å²) in [7, 11) is 2.05. The number of rotatable bonds is 6. The molecule has 0 aliphatic carbocycles. The minimum Gasteiger partial charge on any atom is -0.501 e. The second-order valence-corrected chi connectivity index (χ2v) is 5.21. The van der Waals surface area contributed by atoms with Crippen molar-refractivity contribution < 1.29 is 4.74 Å². The van der Waals surface area contributed by atoms with Gasteiger partial charge in [0, 0.05) is 11.6 Å². The Morgan fingerprint density at radius 2 is 2.06 bits per heavy atom. The molecule has 3 nitrogen and oxygen atoms in total. The molecule has 17 heavy (non-hydrogen) atoms. The van der Waals surface area contributed by atoms with Gasteiger partial charge in [0.25, 0.3) is 0 Å². The number of nitrogens with one attached hydrogen (secondary N) is 1. The number of nitrogens with zero attached hydrogens (tertiary/aromatic N) is 1. The standard InChI is InChI=1S/C14H28N2O/c1-6-16(7-2)14(3,4)13(15-5)12-9-8-10-17-11-12/h11,13,15H,6-10H2,1-5H3. The molecule has 3 heteroatoms. The molecular formula is C14H28N2O. The van der Waals surface area contributed by atoms with Crippen LogP contribution in [0.25, 0.3) is 0 Å². The summed E-state index contributed by atoms with van der Waals surface area (Å²) in [5.74, 6) is 0. The van der Waals surface area contributed by atoms with Gasteiger partial charge >= 0.3 is 0 Å². The Morgan fingerprint density at radius 1 is 1.41 bits per heavy atom. The van der Waals surface area contributed by atoms with Crippen LogP contribution in [0.15, 0.2) is 11.8 Å².